The molecule has 0 amide bonds. The number of aryl methyl sites for hydroxylation is 4. The van der Waals surface area contributed by atoms with Gasteiger partial charge in [-0.05, 0) is 63.5 Å². The molecule has 3 nitrogen and oxygen atoms in total. The van der Waals surface area contributed by atoms with Crippen LogP contribution in [0.5, 0.6) is 0 Å². The Morgan fingerprint density at radius 2 is 1.48 bits per heavy atom. The average molecular weight is 329 g/mol. The van der Waals surface area contributed by atoms with Crippen molar-refractivity contribution >= 4 is 17.0 Å². The summed E-state index contributed by atoms with van der Waals surface area (Å²) in [6.45, 7) is 10.6. The second-order valence-electron chi connectivity index (χ2n) is 7.00. The SMILES string of the molecule is C/C(=C1/N=C(c2[nH]c(C)cc2C)c2ccccc21)c1[nH]c(C)cc1C. The topological polar surface area (TPSA) is 43.9 Å². The molecule has 0 atom stereocenters. The molecule has 2 aromatic heterocycles. The van der Waals surface area contributed by atoms with Crippen molar-refractivity contribution in [3.8, 4) is 0 Å². The Morgan fingerprint density at radius 3 is 2.08 bits per heavy atom. The molecule has 4 rings (SSSR count). The van der Waals surface area contributed by atoms with E-state index in [2.05, 4.69) is 81.0 Å². The first kappa shape index (κ1) is 15.7. The van der Waals surface area contributed by atoms with Gasteiger partial charge < -0.3 is 9.97 Å². The Bertz CT molecular complexity index is 1040. The predicted molar refractivity (Wildman–Crippen MR) is 105 cm³/mol. The number of aromatic nitrogens is 2. The van der Waals surface area contributed by atoms with Crippen molar-refractivity contribution < 1.29 is 0 Å². The van der Waals surface area contributed by atoms with Crippen LogP contribution in [0, 0.1) is 27.7 Å². The average Bonchev–Trinajstić information content (AvgIpc) is 3.21. The first-order valence-corrected chi connectivity index (χ1v) is 8.68. The molecule has 0 saturated heterocycles. The van der Waals surface area contributed by atoms with Crippen molar-refractivity contribution in [2.45, 2.75) is 34.6 Å². The van der Waals surface area contributed by atoms with Gasteiger partial charge in [0.25, 0.3) is 0 Å². The maximum absolute atomic E-state index is 5.07. The largest absolute Gasteiger partial charge is 0.359 e. The molecule has 3 aromatic rings. The van der Waals surface area contributed by atoms with Gasteiger partial charge in [-0.2, -0.15) is 0 Å². The van der Waals surface area contributed by atoms with Crippen molar-refractivity contribution in [3.63, 3.8) is 0 Å². The molecule has 0 bridgehead atoms. The normalized spacial score (nSPS) is 15.3. The van der Waals surface area contributed by atoms with E-state index in [0.29, 0.717) is 0 Å². The highest BCUT2D eigenvalue weighted by Crippen LogP contribution is 2.37. The van der Waals surface area contributed by atoms with Crippen LogP contribution >= 0.6 is 0 Å². The molecule has 1 aliphatic rings. The van der Waals surface area contributed by atoms with E-state index in [1.54, 1.807) is 0 Å². The zero-order valence-electron chi connectivity index (χ0n) is 15.4. The Hall–Kier alpha value is -2.81. The third-order valence-corrected chi connectivity index (χ3v) is 4.93. The minimum atomic E-state index is 1.04. The summed E-state index contributed by atoms with van der Waals surface area (Å²) in [5.41, 5.74) is 12.8. The number of nitrogens with zero attached hydrogens (tertiary/aromatic N) is 1. The third-order valence-electron chi connectivity index (χ3n) is 4.93. The van der Waals surface area contributed by atoms with E-state index in [4.69, 9.17) is 4.99 Å². The van der Waals surface area contributed by atoms with Crippen molar-refractivity contribution in [1.82, 2.24) is 9.97 Å². The highest BCUT2D eigenvalue weighted by Gasteiger charge is 2.25. The first-order chi connectivity index (χ1) is 12.0. The van der Waals surface area contributed by atoms with E-state index >= 15 is 0 Å². The Morgan fingerprint density at radius 1 is 0.840 bits per heavy atom. The van der Waals surface area contributed by atoms with Gasteiger partial charge in [0.1, 0.15) is 0 Å². The molecule has 126 valence electrons. The molecule has 3 heteroatoms. The van der Waals surface area contributed by atoms with E-state index < -0.39 is 0 Å². The van der Waals surface area contributed by atoms with Crippen LogP contribution < -0.4 is 0 Å². The molecule has 0 spiro atoms. The number of rotatable bonds is 2. The highest BCUT2D eigenvalue weighted by molar-refractivity contribution is 6.22. The zero-order valence-corrected chi connectivity index (χ0v) is 15.4. The molecule has 0 radical (unpaired) electrons. The number of fused-ring (bicyclic) bond motifs is 1. The molecule has 2 N–H and O–H groups in total. The lowest BCUT2D eigenvalue weighted by Crippen LogP contribution is -2.02. The van der Waals surface area contributed by atoms with E-state index in [0.717, 1.165) is 22.8 Å². The maximum atomic E-state index is 5.07. The van der Waals surface area contributed by atoms with Crippen LogP contribution in [0.15, 0.2) is 41.4 Å². The molecular weight excluding hydrogens is 306 g/mol. The number of benzene rings is 1. The summed E-state index contributed by atoms with van der Waals surface area (Å²) in [4.78, 5) is 12.0. The lowest BCUT2D eigenvalue weighted by molar-refractivity contribution is 1.22. The summed E-state index contributed by atoms with van der Waals surface area (Å²) in [6, 6.07) is 12.9. The maximum Gasteiger partial charge on any atom is 0.0953 e. The molecule has 0 saturated carbocycles. The van der Waals surface area contributed by atoms with Gasteiger partial charge in [-0.1, -0.05) is 24.3 Å². The smallest absolute Gasteiger partial charge is 0.0953 e. The van der Waals surface area contributed by atoms with Gasteiger partial charge in [-0.15, -0.1) is 0 Å². The van der Waals surface area contributed by atoms with Gasteiger partial charge in [0.05, 0.1) is 17.1 Å². The Kier molecular flexibility index (Phi) is 3.53. The minimum Gasteiger partial charge on any atom is -0.359 e. The number of allylic oxidation sites excluding steroid dienone is 1. The number of hydrogen-bond acceptors (Lipinski definition) is 1. The van der Waals surface area contributed by atoms with Crippen LogP contribution in [0.3, 0.4) is 0 Å². The van der Waals surface area contributed by atoms with Gasteiger partial charge in [0, 0.05) is 28.2 Å². The van der Waals surface area contributed by atoms with Crippen molar-refractivity contribution in [3.05, 3.63) is 81.4 Å². The number of hydrogen-bond donors (Lipinski definition) is 2. The number of nitrogens with one attached hydrogen (secondary N) is 2. The summed E-state index contributed by atoms with van der Waals surface area (Å²) >= 11 is 0. The van der Waals surface area contributed by atoms with E-state index in [1.807, 2.05) is 0 Å². The van der Waals surface area contributed by atoms with Crippen molar-refractivity contribution in [2.75, 3.05) is 0 Å². The predicted octanol–water partition coefficient (Wildman–Crippen LogP) is 5.32. The van der Waals surface area contributed by atoms with Crippen LogP contribution in [0.4, 0.5) is 0 Å². The van der Waals surface area contributed by atoms with Crippen LogP contribution in [0.1, 0.15) is 52.0 Å². The van der Waals surface area contributed by atoms with E-state index in [-0.39, 0.29) is 0 Å². The summed E-state index contributed by atoms with van der Waals surface area (Å²) < 4.78 is 0. The third kappa shape index (κ3) is 2.47. The van der Waals surface area contributed by atoms with E-state index in [1.165, 1.54) is 39.2 Å². The quantitative estimate of drug-likeness (QED) is 0.639. The van der Waals surface area contributed by atoms with Crippen LogP contribution in [0.25, 0.3) is 11.3 Å². The summed E-state index contributed by atoms with van der Waals surface area (Å²) in [5.74, 6) is 0. The van der Waals surface area contributed by atoms with Crippen molar-refractivity contribution in [1.29, 1.82) is 0 Å². The fourth-order valence-electron chi connectivity index (χ4n) is 3.82. The van der Waals surface area contributed by atoms with Gasteiger partial charge in [-0.3, -0.25) is 0 Å². The van der Waals surface area contributed by atoms with Gasteiger partial charge in [0.15, 0.2) is 0 Å². The molecule has 1 aliphatic heterocycles. The van der Waals surface area contributed by atoms with Gasteiger partial charge >= 0.3 is 0 Å². The van der Waals surface area contributed by atoms with Crippen LogP contribution in [0.2, 0.25) is 0 Å². The summed E-state index contributed by atoms with van der Waals surface area (Å²) in [5, 5.41) is 0. The molecular formula is C22H23N3. The highest BCUT2D eigenvalue weighted by atomic mass is 14.9. The van der Waals surface area contributed by atoms with Crippen molar-refractivity contribution in [2.24, 2.45) is 4.99 Å². The molecule has 0 unspecified atom stereocenters. The molecule has 1 aromatic carbocycles. The lowest BCUT2D eigenvalue weighted by Gasteiger charge is -2.06. The van der Waals surface area contributed by atoms with Gasteiger partial charge in [0.2, 0.25) is 0 Å². The minimum absolute atomic E-state index is 1.04. The van der Waals surface area contributed by atoms with Crippen LogP contribution in [-0.4, -0.2) is 15.7 Å². The number of aromatic amines is 2. The second kappa shape index (κ2) is 5.62. The second-order valence-corrected chi connectivity index (χ2v) is 7.00. The molecule has 0 aliphatic carbocycles. The Balaban J connectivity index is 1.96. The summed E-state index contributed by atoms with van der Waals surface area (Å²) in [6.07, 6.45) is 0. The standard InChI is InChI=1S/C22H23N3/c1-12-10-14(3)23-19(12)16(5)21-17-8-6-7-9-18(17)22(25-21)20-13(2)11-15(4)24-20/h6-11,23-24H,1-5H3/b21-16-. The van der Waals surface area contributed by atoms with E-state index in [9.17, 15) is 0 Å². The van der Waals surface area contributed by atoms with Crippen LogP contribution in [-0.2, 0) is 0 Å². The molecule has 3 heterocycles. The van der Waals surface area contributed by atoms with Gasteiger partial charge in [-0.25, -0.2) is 4.99 Å². The Labute approximate surface area is 148 Å². The molecule has 0 fully saturated rings. The monoisotopic (exact) mass is 329 g/mol. The fraction of sp³-hybridized carbons (Fsp3) is 0.227. The summed E-state index contributed by atoms with van der Waals surface area (Å²) in [7, 11) is 0. The lowest BCUT2D eigenvalue weighted by atomic mass is 9.98. The fourth-order valence-corrected chi connectivity index (χ4v) is 3.82. The first-order valence-electron chi connectivity index (χ1n) is 8.68. The number of aliphatic imine (C=N–C) groups is 1. The zero-order chi connectivity index (χ0) is 17.7. The molecule has 25 heavy (non-hydrogen) atoms. The number of H-pyrrole nitrogens is 2.